The molecule has 4 heteroatoms. The number of likely N-dealkylation sites (N-methyl/N-ethyl adjacent to an activating group) is 1. The first-order chi connectivity index (χ1) is 6.52. The zero-order chi connectivity index (χ0) is 10.7. The van der Waals surface area contributed by atoms with Crippen molar-refractivity contribution < 1.29 is 0 Å². The summed E-state index contributed by atoms with van der Waals surface area (Å²) in [6, 6.07) is 3.17. The Labute approximate surface area is 83.9 Å². The quantitative estimate of drug-likeness (QED) is 0.754. The smallest absolute Gasteiger partial charge is 0.250 e. The van der Waals surface area contributed by atoms with Crippen LogP contribution >= 0.6 is 0 Å². The summed E-state index contributed by atoms with van der Waals surface area (Å²) in [5, 5.41) is 0. The van der Waals surface area contributed by atoms with Crippen molar-refractivity contribution in [3.63, 3.8) is 0 Å². The SMILES string of the molecule is Cc1c(N)ccc(=O)n1CCN(C)C. The topological polar surface area (TPSA) is 51.3 Å². The minimum atomic E-state index is 0.0125. The number of rotatable bonds is 3. The number of hydrogen-bond acceptors (Lipinski definition) is 3. The van der Waals surface area contributed by atoms with E-state index in [1.165, 1.54) is 6.07 Å². The maximum atomic E-state index is 11.5. The molecule has 0 bridgehead atoms. The number of pyridine rings is 1. The van der Waals surface area contributed by atoms with Crippen LogP contribution in [0, 0.1) is 6.92 Å². The van der Waals surface area contributed by atoms with Crippen molar-refractivity contribution in [3.8, 4) is 0 Å². The molecule has 0 saturated carbocycles. The highest BCUT2D eigenvalue weighted by Gasteiger charge is 2.03. The lowest BCUT2D eigenvalue weighted by Gasteiger charge is -2.14. The Balaban J connectivity index is 2.95. The molecule has 14 heavy (non-hydrogen) atoms. The molecule has 0 saturated heterocycles. The van der Waals surface area contributed by atoms with Crippen molar-refractivity contribution >= 4 is 5.69 Å². The zero-order valence-corrected chi connectivity index (χ0v) is 8.95. The summed E-state index contributed by atoms with van der Waals surface area (Å²) in [5.74, 6) is 0. The minimum Gasteiger partial charge on any atom is -0.397 e. The molecule has 0 atom stereocenters. The average Bonchev–Trinajstić information content (AvgIpc) is 2.11. The first-order valence-electron chi connectivity index (χ1n) is 4.63. The van der Waals surface area contributed by atoms with Gasteiger partial charge in [-0.2, -0.15) is 0 Å². The Hall–Kier alpha value is -1.29. The molecule has 0 aromatic carbocycles. The predicted octanol–water partition coefficient (Wildman–Crippen LogP) is 0.301. The Kier molecular flexibility index (Phi) is 3.30. The average molecular weight is 195 g/mol. The van der Waals surface area contributed by atoms with Crippen LogP contribution in [0.4, 0.5) is 5.69 Å². The number of nitrogen functional groups attached to an aromatic ring is 1. The predicted molar refractivity (Wildman–Crippen MR) is 58.4 cm³/mol. The molecular formula is C10H17N3O. The van der Waals surface area contributed by atoms with E-state index in [1.54, 1.807) is 10.6 Å². The lowest BCUT2D eigenvalue weighted by Crippen LogP contribution is -2.28. The van der Waals surface area contributed by atoms with Crippen LogP contribution in [-0.2, 0) is 6.54 Å². The molecule has 4 nitrogen and oxygen atoms in total. The number of anilines is 1. The molecule has 0 unspecified atom stereocenters. The van der Waals surface area contributed by atoms with Gasteiger partial charge in [-0.1, -0.05) is 0 Å². The lowest BCUT2D eigenvalue weighted by atomic mass is 10.3. The molecule has 0 radical (unpaired) electrons. The van der Waals surface area contributed by atoms with Crippen LogP contribution in [0.3, 0.4) is 0 Å². The molecular weight excluding hydrogens is 178 g/mol. The molecule has 0 fully saturated rings. The van der Waals surface area contributed by atoms with Crippen molar-refractivity contribution in [2.24, 2.45) is 0 Å². The van der Waals surface area contributed by atoms with E-state index in [-0.39, 0.29) is 5.56 Å². The zero-order valence-electron chi connectivity index (χ0n) is 8.95. The molecule has 1 aromatic rings. The summed E-state index contributed by atoms with van der Waals surface area (Å²) in [6.45, 7) is 3.39. The Morgan fingerprint density at radius 2 is 2.07 bits per heavy atom. The van der Waals surface area contributed by atoms with Gasteiger partial charge in [0.25, 0.3) is 5.56 Å². The molecule has 78 valence electrons. The highest BCUT2D eigenvalue weighted by atomic mass is 16.1. The van der Waals surface area contributed by atoms with Gasteiger partial charge in [-0.25, -0.2) is 0 Å². The summed E-state index contributed by atoms with van der Waals surface area (Å²) in [4.78, 5) is 13.5. The van der Waals surface area contributed by atoms with Crippen LogP contribution in [0.5, 0.6) is 0 Å². The molecule has 0 spiro atoms. The van der Waals surface area contributed by atoms with Gasteiger partial charge in [0.15, 0.2) is 0 Å². The summed E-state index contributed by atoms with van der Waals surface area (Å²) in [6.07, 6.45) is 0. The fourth-order valence-corrected chi connectivity index (χ4v) is 1.27. The van der Waals surface area contributed by atoms with E-state index in [2.05, 4.69) is 0 Å². The summed E-state index contributed by atoms with van der Waals surface area (Å²) < 4.78 is 1.70. The third kappa shape index (κ3) is 2.35. The van der Waals surface area contributed by atoms with E-state index in [1.807, 2.05) is 25.9 Å². The van der Waals surface area contributed by atoms with E-state index in [4.69, 9.17) is 5.73 Å². The molecule has 1 rings (SSSR count). The van der Waals surface area contributed by atoms with Crippen molar-refractivity contribution in [3.05, 3.63) is 28.2 Å². The molecule has 0 aliphatic heterocycles. The number of nitrogens with zero attached hydrogens (tertiary/aromatic N) is 2. The van der Waals surface area contributed by atoms with Crippen LogP contribution < -0.4 is 11.3 Å². The van der Waals surface area contributed by atoms with Crippen LogP contribution in [-0.4, -0.2) is 30.1 Å². The van der Waals surface area contributed by atoms with Gasteiger partial charge >= 0.3 is 0 Å². The number of aromatic nitrogens is 1. The van der Waals surface area contributed by atoms with Crippen molar-refractivity contribution in [1.29, 1.82) is 0 Å². The van der Waals surface area contributed by atoms with Gasteiger partial charge in [0.2, 0.25) is 0 Å². The van der Waals surface area contributed by atoms with E-state index in [0.717, 1.165) is 12.2 Å². The second-order valence-corrected chi connectivity index (χ2v) is 3.67. The van der Waals surface area contributed by atoms with Gasteiger partial charge in [-0.3, -0.25) is 4.79 Å². The van der Waals surface area contributed by atoms with E-state index < -0.39 is 0 Å². The third-order valence-corrected chi connectivity index (χ3v) is 2.26. The monoisotopic (exact) mass is 195 g/mol. The van der Waals surface area contributed by atoms with Gasteiger partial charge in [0, 0.05) is 24.8 Å². The van der Waals surface area contributed by atoms with Crippen molar-refractivity contribution in [1.82, 2.24) is 9.47 Å². The van der Waals surface area contributed by atoms with Crippen LogP contribution in [0.25, 0.3) is 0 Å². The molecule has 1 heterocycles. The summed E-state index contributed by atoms with van der Waals surface area (Å²) >= 11 is 0. The van der Waals surface area contributed by atoms with Crippen LogP contribution in [0.15, 0.2) is 16.9 Å². The molecule has 0 aliphatic carbocycles. The molecule has 0 amide bonds. The summed E-state index contributed by atoms with van der Waals surface area (Å²) in [5.41, 5.74) is 7.25. The fraction of sp³-hybridized carbons (Fsp3) is 0.500. The van der Waals surface area contributed by atoms with Gasteiger partial charge in [0.05, 0.1) is 5.69 Å². The van der Waals surface area contributed by atoms with Crippen LogP contribution in [0.2, 0.25) is 0 Å². The molecule has 1 aromatic heterocycles. The van der Waals surface area contributed by atoms with E-state index >= 15 is 0 Å². The first kappa shape index (κ1) is 10.8. The highest BCUT2D eigenvalue weighted by Crippen LogP contribution is 2.05. The standard InChI is InChI=1S/C10H17N3O/c1-8-9(11)4-5-10(14)13(8)7-6-12(2)3/h4-5H,6-7,11H2,1-3H3. The van der Waals surface area contributed by atoms with Gasteiger partial charge < -0.3 is 15.2 Å². The van der Waals surface area contributed by atoms with Gasteiger partial charge in [0.1, 0.15) is 0 Å². The highest BCUT2D eigenvalue weighted by molar-refractivity contribution is 5.41. The second kappa shape index (κ2) is 4.28. The second-order valence-electron chi connectivity index (χ2n) is 3.67. The molecule has 2 N–H and O–H groups in total. The maximum Gasteiger partial charge on any atom is 0.250 e. The van der Waals surface area contributed by atoms with E-state index in [9.17, 15) is 4.79 Å². The van der Waals surface area contributed by atoms with Crippen LogP contribution in [0.1, 0.15) is 5.69 Å². The maximum absolute atomic E-state index is 11.5. The minimum absolute atomic E-state index is 0.0125. The third-order valence-electron chi connectivity index (χ3n) is 2.26. The van der Waals surface area contributed by atoms with Gasteiger partial charge in [-0.05, 0) is 27.1 Å². The summed E-state index contributed by atoms with van der Waals surface area (Å²) in [7, 11) is 3.96. The Bertz CT molecular complexity index is 368. The Morgan fingerprint density at radius 3 is 2.64 bits per heavy atom. The fourth-order valence-electron chi connectivity index (χ4n) is 1.27. The number of nitrogens with two attached hydrogens (primary N) is 1. The van der Waals surface area contributed by atoms with E-state index in [0.29, 0.717) is 12.2 Å². The van der Waals surface area contributed by atoms with Crippen molar-refractivity contribution in [2.75, 3.05) is 26.4 Å². The van der Waals surface area contributed by atoms with Gasteiger partial charge in [-0.15, -0.1) is 0 Å². The van der Waals surface area contributed by atoms with Crippen molar-refractivity contribution in [2.45, 2.75) is 13.5 Å². The lowest BCUT2D eigenvalue weighted by molar-refractivity contribution is 0.379. The Morgan fingerprint density at radius 1 is 1.43 bits per heavy atom. The normalized spacial score (nSPS) is 10.9. The first-order valence-corrected chi connectivity index (χ1v) is 4.63. The molecule has 0 aliphatic rings. The number of hydrogen-bond donors (Lipinski definition) is 1. The largest absolute Gasteiger partial charge is 0.397 e.